The Bertz CT molecular complexity index is 428. The van der Waals surface area contributed by atoms with Gasteiger partial charge in [0, 0.05) is 24.8 Å². The molecule has 21 heavy (non-hydrogen) atoms. The minimum atomic E-state index is 0.464. The number of nitrogens with zero attached hydrogens (tertiary/aromatic N) is 1. The van der Waals surface area contributed by atoms with Crippen LogP contribution in [0.3, 0.4) is 0 Å². The largest absolute Gasteiger partial charge is 0.371 e. The third-order valence-corrected chi connectivity index (χ3v) is 4.55. The molecule has 1 aliphatic heterocycles. The molecule has 0 radical (unpaired) electrons. The Morgan fingerprint density at radius 2 is 2.05 bits per heavy atom. The van der Waals surface area contributed by atoms with Crippen molar-refractivity contribution in [1.29, 1.82) is 0 Å². The monoisotopic (exact) mass is 288 g/mol. The number of fused-ring (bicyclic) bond motifs is 1. The van der Waals surface area contributed by atoms with E-state index in [0.717, 1.165) is 6.54 Å². The van der Waals surface area contributed by atoms with Gasteiger partial charge in [-0.1, -0.05) is 38.8 Å². The van der Waals surface area contributed by atoms with Gasteiger partial charge in [0.2, 0.25) is 0 Å². The van der Waals surface area contributed by atoms with Gasteiger partial charge in [-0.3, -0.25) is 0 Å². The quantitative estimate of drug-likeness (QED) is 0.698. The van der Waals surface area contributed by atoms with Crippen molar-refractivity contribution in [1.82, 2.24) is 5.32 Å². The number of anilines is 1. The van der Waals surface area contributed by atoms with Crippen LogP contribution in [0.25, 0.3) is 0 Å². The molecule has 0 amide bonds. The molecular weight excluding hydrogens is 256 g/mol. The number of benzene rings is 1. The first-order chi connectivity index (χ1) is 10.3. The van der Waals surface area contributed by atoms with E-state index in [2.05, 4.69) is 49.2 Å². The number of nitrogens with one attached hydrogen (secondary N) is 1. The average molecular weight is 288 g/mol. The van der Waals surface area contributed by atoms with Gasteiger partial charge in [0.25, 0.3) is 0 Å². The van der Waals surface area contributed by atoms with Gasteiger partial charge in [-0.2, -0.15) is 0 Å². The minimum Gasteiger partial charge on any atom is -0.371 e. The van der Waals surface area contributed by atoms with Crippen molar-refractivity contribution < 1.29 is 0 Å². The molecule has 0 spiro atoms. The summed E-state index contributed by atoms with van der Waals surface area (Å²) in [7, 11) is 0. The van der Waals surface area contributed by atoms with E-state index in [1.807, 2.05) is 0 Å². The van der Waals surface area contributed by atoms with Crippen molar-refractivity contribution >= 4 is 5.69 Å². The van der Waals surface area contributed by atoms with Crippen LogP contribution in [0.5, 0.6) is 0 Å². The van der Waals surface area contributed by atoms with Crippen LogP contribution in [0, 0.1) is 0 Å². The maximum Gasteiger partial charge on any atom is 0.0398 e. The van der Waals surface area contributed by atoms with Gasteiger partial charge in [0.1, 0.15) is 0 Å². The molecule has 1 heterocycles. The van der Waals surface area contributed by atoms with Gasteiger partial charge in [-0.25, -0.2) is 0 Å². The number of unbranched alkanes of at least 4 members (excludes halogenated alkanes) is 2. The first-order valence-electron chi connectivity index (χ1n) is 8.87. The molecule has 1 aromatic carbocycles. The lowest BCUT2D eigenvalue weighted by Crippen LogP contribution is -2.30. The minimum absolute atomic E-state index is 0.464. The normalized spacial score (nSPS) is 15.9. The molecule has 118 valence electrons. The maximum atomic E-state index is 3.59. The van der Waals surface area contributed by atoms with E-state index in [1.165, 1.54) is 62.9 Å². The Labute approximate surface area is 130 Å². The smallest absolute Gasteiger partial charge is 0.0398 e. The Hall–Kier alpha value is -1.02. The topological polar surface area (TPSA) is 15.3 Å². The van der Waals surface area contributed by atoms with Crippen LogP contribution >= 0.6 is 0 Å². The fraction of sp³-hybridized carbons (Fsp3) is 0.684. The summed E-state index contributed by atoms with van der Waals surface area (Å²) in [5, 5.41) is 3.59. The zero-order valence-corrected chi connectivity index (χ0v) is 14.1. The van der Waals surface area contributed by atoms with E-state index >= 15 is 0 Å². The fourth-order valence-corrected chi connectivity index (χ4v) is 3.23. The molecule has 0 saturated carbocycles. The third kappa shape index (κ3) is 4.47. The lowest BCUT2D eigenvalue weighted by molar-refractivity contribution is 0.569. The summed E-state index contributed by atoms with van der Waals surface area (Å²) in [6.07, 6.45) is 7.72. The Kier molecular flexibility index (Phi) is 6.56. The molecular formula is C19H32N2. The van der Waals surface area contributed by atoms with Gasteiger partial charge in [-0.05, 0) is 56.3 Å². The predicted octanol–water partition coefficient (Wildman–Crippen LogP) is 4.69. The first kappa shape index (κ1) is 16.4. The fourth-order valence-electron chi connectivity index (χ4n) is 3.23. The van der Waals surface area contributed by atoms with E-state index in [1.54, 1.807) is 5.56 Å². The molecule has 1 N–H and O–H groups in total. The van der Waals surface area contributed by atoms with E-state index in [9.17, 15) is 0 Å². The van der Waals surface area contributed by atoms with Crippen LogP contribution in [-0.2, 0) is 6.42 Å². The van der Waals surface area contributed by atoms with Gasteiger partial charge < -0.3 is 10.2 Å². The first-order valence-corrected chi connectivity index (χ1v) is 8.87. The van der Waals surface area contributed by atoms with Crippen LogP contribution < -0.4 is 10.2 Å². The highest BCUT2D eigenvalue weighted by Crippen LogP contribution is 2.30. The summed E-state index contributed by atoms with van der Waals surface area (Å²) in [4.78, 5) is 2.60. The maximum absolute atomic E-state index is 3.59. The molecule has 0 aromatic heterocycles. The lowest BCUT2D eigenvalue weighted by Gasteiger charge is -2.32. The van der Waals surface area contributed by atoms with Crippen LogP contribution in [-0.4, -0.2) is 19.6 Å². The van der Waals surface area contributed by atoms with Crippen LogP contribution in [0.15, 0.2) is 18.2 Å². The summed E-state index contributed by atoms with van der Waals surface area (Å²) in [6.45, 7) is 10.3. The van der Waals surface area contributed by atoms with Crippen molar-refractivity contribution in [3.8, 4) is 0 Å². The van der Waals surface area contributed by atoms with E-state index < -0.39 is 0 Å². The Morgan fingerprint density at radius 3 is 2.81 bits per heavy atom. The summed E-state index contributed by atoms with van der Waals surface area (Å²) in [5.74, 6) is 0. The predicted molar refractivity (Wildman–Crippen MR) is 93.2 cm³/mol. The number of rotatable bonds is 8. The van der Waals surface area contributed by atoms with Crippen molar-refractivity contribution in [2.45, 2.75) is 65.3 Å². The van der Waals surface area contributed by atoms with E-state index in [-0.39, 0.29) is 0 Å². The summed E-state index contributed by atoms with van der Waals surface area (Å²) >= 11 is 0. The molecule has 1 atom stereocenters. The average Bonchev–Trinajstić information content (AvgIpc) is 2.52. The molecule has 1 aliphatic rings. The molecule has 2 heteroatoms. The third-order valence-electron chi connectivity index (χ3n) is 4.55. The molecule has 1 aromatic rings. The second kappa shape index (κ2) is 8.43. The molecule has 2 rings (SSSR count). The second-order valence-corrected chi connectivity index (χ2v) is 6.36. The zero-order valence-electron chi connectivity index (χ0n) is 14.1. The van der Waals surface area contributed by atoms with Gasteiger partial charge in [0.15, 0.2) is 0 Å². The van der Waals surface area contributed by atoms with Crippen molar-refractivity contribution in [3.05, 3.63) is 29.3 Å². The summed E-state index contributed by atoms with van der Waals surface area (Å²) in [6, 6.07) is 7.59. The molecule has 0 saturated heterocycles. The highest BCUT2D eigenvalue weighted by atomic mass is 15.1. The summed E-state index contributed by atoms with van der Waals surface area (Å²) in [5.41, 5.74) is 4.49. The van der Waals surface area contributed by atoms with Crippen molar-refractivity contribution in [3.63, 3.8) is 0 Å². The van der Waals surface area contributed by atoms with E-state index in [0.29, 0.717) is 6.04 Å². The lowest BCUT2D eigenvalue weighted by atomic mass is 9.96. The molecule has 1 unspecified atom stereocenters. The summed E-state index contributed by atoms with van der Waals surface area (Å²) < 4.78 is 0. The molecule has 0 aliphatic carbocycles. The highest BCUT2D eigenvalue weighted by Gasteiger charge is 2.17. The van der Waals surface area contributed by atoms with E-state index in [4.69, 9.17) is 0 Å². The number of hydrogen-bond donors (Lipinski definition) is 1. The Morgan fingerprint density at radius 1 is 1.19 bits per heavy atom. The SMILES string of the molecule is CCCCCN1CCCc2cc(C(C)NCCC)ccc21. The van der Waals surface area contributed by atoms with Crippen molar-refractivity contribution in [2.24, 2.45) is 0 Å². The van der Waals surface area contributed by atoms with Gasteiger partial charge >= 0.3 is 0 Å². The second-order valence-electron chi connectivity index (χ2n) is 6.36. The zero-order chi connectivity index (χ0) is 15.1. The molecule has 0 fully saturated rings. The highest BCUT2D eigenvalue weighted by molar-refractivity contribution is 5.57. The van der Waals surface area contributed by atoms with Gasteiger partial charge in [0.05, 0.1) is 0 Å². The number of aryl methyl sites for hydroxylation is 1. The molecule has 0 bridgehead atoms. The standard InChI is InChI=1S/C19H32N2/c1-4-6-7-13-21-14-8-9-18-15-17(10-11-19(18)21)16(3)20-12-5-2/h10-11,15-16,20H,4-9,12-14H2,1-3H3. The van der Waals surface area contributed by atoms with Gasteiger partial charge in [-0.15, -0.1) is 0 Å². The Balaban J connectivity index is 2.05. The van der Waals surface area contributed by atoms with Crippen LogP contribution in [0.1, 0.15) is 70.0 Å². The van der Waals surface area contributed by atoms with Crippen molar-refractivity contribution in [2.75, 3.05) is 24.5 Å². The number of hydrogen-bond acceptors (Lipinski definition) is 2. The molecule has 2 nitrogen and oxygen atoms in total. The van der Waals surface area contributed by atoms with Crippen LogP contribution in [0.2, 0.25) is 0 Å². The van der Waals surface area contributed by atoms with Crippen LogP contribution in [0.4, 0.5) is 5.69 Å².